The number of carbonyl (C=O) groups is 1. The fourth-order valence-corrected chi connectivity index (χ4v) is 5.64. The predicted octanol–water partition coefficient (Wildman–Crippen LogP) is 2.27. The summed E-state index contributed by atoms with van der Waals surface area (Å²) in [6.45, 7) is 1.47. The van der Waals surface area contributed by atoms with E-state index < -0.39 is 10.3 Å². The van der Waals surface area contributed by atoms with Crippen molar-refractivity contribution in [2.75, 3.05) is 0 Å². The molecule has 5 heteroatoms. The second-order valence-corrected chi connectivity index (χ2v) is 7.76. The van der Waals surface area contributed by atoms with Gasteiger partial charge >= 0.3 is 57.4 Å². The fraction of sp³-hybridized carbons (Fsp3) is 0.0500. The van der Waals surface area contributed by atoms with Gasteiger partial charge in [0, 0.05) is 21.6 Å². The smallest absolute Gasteiger partial charge is 0.870 e. The summed E-state index contributed by atoms with van der Waals surface area (Å²) in [5.74, 6) is -0.281. The molecule has 0 heterocycles. The van der Waals surface area contributed by atoms with E-state index >= 15 is 0 Å². The molecule has 3 nitrogen and oxygen atoms in total. The number of benzene rings is 3. The molecule has 0 fully saturated rings. The summed E-state index contributed by atoms with van der Waals surface area (Å²) in [6.07, 6.45) is 0. The van der Waals surface area contributed by atoms with E-state index in [1.165, 1.54) is 6.92 Å². The van der Waals surface area contributed by atoms with Crippen LogP contribution in [0.25, 0.3) is 0 Å². The maximum atomic E-state index is 12.0. The molecule has 0 unspecified atom stereocenters. The third kappa shape index (κ3) is 4.83. The van der Waals surface area contributed by atoms with Gasteiger partial charge in [-0.05, 0) is 46.7 Å². The van der Waals surface area contributed by atoms with Crippen LogP contribution in [0, 0.1) is 0 Å². The van der Waals surface area contributed by atoms with Crippen LogP contribution in [0.4, 0.5) is 0 Å². The first-order valence-electron chi connectivity index (χ1n) is 7.42. The minimum Gasteiger partial charge on any atom is -0.870 e. The van der Waals surface area contributed by atoms with Crippen LogP contribution in [0.1, 0.15) is 6.92 Å². The Labute approximate surface area is 192 Å². The van der Waals surface area contributed by atoms with Crippen molar-refractivity contribution in [3.8, 4) is 0 Å². The molecule has 0 aromatic heterocycles. The van der Waals surface area contributed by atoms with E-state index in [2.05, 4.69) is 0 Å². The Balaban J connectivity index is 0.00000156. The van der Waals surface area contributed by atoms with Crippen LogP contribution >= 0.6 is 10.3 Å². The van der Waals surface area contributed by atoms with Gasteiger partial charge in [0.05, 0.1) is 0 Å². The van der Waals surface area contributed by atoms with Crippen LogP contribution in [0.3, 0.4) is 0 Å². The maximum Gasteiger partial charge on any atom is 1.00 e. The summed E-state index contributed by atoms with van der Waals surface area (Å²) in [6, 6.07) is 29.9. The van der Waals surface area contributed by atoms with E-state index in [4.69, 9.17) is 4.18 Å². The molecule has 0 amide bonds. The summed E-state index contributed by atoms with van der Waals surface area (Å²) in [5.41, 5.74) is 0. The summed E-state index contributed by atoms with van der Waals surface area (Å²) < 4.78 is 6.04. The first-order chi connectivity index (χ1) is 11.2. The van der Waals surface area contributed by atoms with Gasteiger partial charge in [0.2, 0.25) is 0 Å². The molecule has 0 aliphatic carbocycles. The minimum absolute atomic E-state index is 0. The molecule has 0 atom stereocenters. The molecular formula is C20H19KO3S. The number of hydrogen-bond acceptors (Lipinski definition) is 3. The largest absolute Gasteiger partial charge is 1.00 e. The van der Waals surface area contributed by atoms with Gasteiger partial charge in [-0.15, -0.1) is 0 Å². The molecule has 3 rings (SSSR count). The van der Waals surface area contributed by atoms with E-state index in [1.54, 1.807) is 0 Å². The molecule has 0 saturated heterocycles. The molecule has 25 heavy (non-hydrogen) atoms. The number of rotatable bonds is 4. The standard InChI is InChI=1S/C20H18O2S.K.H2O/c1-17(21)22-23(18-11-5-2-6-12-18,19-13-7-3-8-14-19)20-15-9-4-10-16-20;;/h2-16H,1H3;;1H2/q;+1;/p-1. The van der Waals surface area contributed by atoms with E-state index in [0.717, 1.165) is 14.7 Å². The van der Waals surface area contributed by atoms with Crippen LogP contribution in [-0.4, -0.2) is 11.4 Å². The van der Waals surface area contributed by atoms with Crippen LogP contribution < -0.4 is 51.4 Å². The van der Waals surface area contributed by atoms with Gasteiger partial charge in [-0.1, -0.05) is 54.6 Å². The minimum atomic E-state index is -2.08. The van der Waals surface area contributed by atoms with Gasteiger partial charge < -0.3 is 9.66 Å². The summed E-state index contributed by atoms with van der Waals surface area (Å²) in [7, 11) is -2.08. The van der Waals surface area contributed by atoms with Crippen molar-refractivity contribution in [3.63, 3.8) is 0 Å². The Kier molecular flexibility index (Phi) is 9.09. The molecule has 124 valence electrons. The Morgan fingerprint density at radius 3 is 1.20 bits per heavy atom. The molecule has 0 radical (unpaired) electrons. The predicted molar refractivity (Wildman–Crippen MR) is 95.4 cm³/mol. The monoisotopic (exact) mass is 378 g/mol. The van der Waals surface area contributed by atoms with Crippen molar-refractivity contribution in [2.24, 2.45) is 0 Å². The summed E-state index contributed by atoms with van der Waals surface area (Å²) in [4.78, 5) is 15.0. The van der Waals surface area contributed by atoms with Crippen molar-refractivity contribution in [3.05, 3.63) is 91.0 Å². The van der Waals surface area contributed by atoms with Crippen molar-refractivity contribution in [1.82, 2.24) is 0 Å². The number of hydrogen-bond donors (Lipinski definition) is 0. The maximum absolute atomic E-state index is 12.0. The van der Waals surface area contributed by atoms with E-state index in [0.29, 0.717) is 0 Å². The van der Waals surface area contributed by atoms with Crippen LogP contribution in [0.2, 0.25) is 0 Å². The quantitative estimate of drug-likeness (QED) is 0.655. The Hall–Kier alpha value is -0.924. The molecule has 0 aliphatic rings. The van der Waals surface area contributed by atoms with Crippen molar-refractivity contribution >= 4 is 16.3 Å². The molecule has 0 aliphatic heterocycles. The second-order valence-electron chi connectivity index (χ2n) is 5.07. The Morgan fingerprint density at radius 2 is 0.960 bits per heavy atom. The normalized spacial score (nSPS) is 10.8. The zero-order valence-electron chi connectivity index (χ0n) is 14.3. The topological polar surface area (TPSA) is 56.3 Å². The van der Waals surface area contributed by atoms with Crippen LogP contribution in [0.15, 0.2) is 106 Å². The first-order valence-corrected chi connectivity index (χ1v) is 8.98. The zero-order valence-corrected chi connectivity index (χ0v) is 18.3. The second kappa shape index (κ2) is 10.3. The van der Waals surface area contributed by atoms with Crippen molar-refractivity contribution < 1.29 is 65.8 Å². The summed E-state index contributed by atoms with van der Waals surface area (Å²) >= 11 is 0. The Bertz CT molecular complexity index is 683. The van der Waals surface area contributed by atoms with Gasteiger partial charge in [-0.2, -0.15) is 0 Å². The van der Waals surface area contributed by atoms with Gasteiger partial charge in [-0.3, -0.25) is 4.79 Å². The zero-order chi connectivity index (χ0) is 16.1. The first kappa shape index (κ1) is 22.1. The molecule has 0 bridgehead atoms. The number of carbonyl (C=O) groups excluding carboxylic acids is 1. The van der Waals surface area contributed by atoms with Crippen LogP contribution in [0.5, 0.6) is 0 Å². The van der Waals surface area contributed by atoms with E-state index in [1.807, 2.05) is 91.0 Å². The average Bonchev–Trinajstić information content (AvgIpc) is 2.62. The Morgan fingerprint density at radius 1 is 0.680 bits per heavy atom. The van der Waals surface area contributed by atoms with Gasteiger partial charge in [0.1, 0.15) is 0 Å². The third-order valence-electron chi connectivity index (χ3n) is 3.47. The van der Waals surface area contributed by atoms with Crippen LogP contribution in [-0.2, 0) is 8.98 Å². The van der Waals surface area contributed by atoms with Gasteiger partial charge in [-0.25, -0.2) is 0 Å². The van der Waals surface area contributed by atoms with Crippen molar-refractivity contribution in [1.29, 1.82) is 0 Å². The molecule has 3 aromatic carbocycles. The molecule has 0 saturated carbocycles. The van der Waals surface area contributed by atoms with Gasteiger partial charge in [0.15, 0.2) is 0 Å². The molecular weight excluding hydrogens is 359 g/mol. The molecule has 0 spiro atoms. The third-order valence-corrected chi connectivity index (χ3v) is 6.76. The SMILES string of the molecule is CC(=O)OS(c1ccccc1)(c1ccccc1)c1ccccc1.[K+].[OH-]. The van der Waals surface area contributed by atoms with E-state index in [-0.39, 0.29) is 62.8 Å². The van der Waals surface area contributed by atoms with E-state index in [9.17, 15) is 4.79 Å². The average molecular weight is 379 g/mol. The summed E-state index contributed by atoms with van der Waals surface area (Å²) in [5, 5.41) is 0. The van der Waals surface area contributed by atoms with Gasteiger partial charge in [0.25, 0.3) is 0 Å². The van der Waals surface area contributed by atoms with Crippen molar-refractivity contribution in [2.45, 2.75) is 21.6 Å². The molecule has 3 aromatic rings. The fourth-order valence-electron chi connectivity index (χ4n) is 2.57. The molecule has 1 N–H and O–H groups in total.